The molecule has 0 N–H and O–H groups in total. The zero-order valence-electron chi connectivity index (χ0n) is 14.2. The van der Waals surface area contributed by atoms with Crippen molar-refractivity contribution < 1.29 is 23.6 Å². The van der Waals surface area contributed by atoms with E-state index in [1.165, 1.54) is 35.6 Å². The van der Waals surface area contributed by atoms with E-state index in [0.29, 0.717) is 0 Å². The van der Waals surface area contributed by atoms with Gasteiger partial charge in [0.2, 0.25) is 0 Å². The van der Waals surface area contributed by atoms with Crippen molar-refractivity contribution in [3.8, 4) is 5.75 Å². The minimum absolute atomic E-state index is 0.0578. The van der Waals surface area contributed by atoms with Gasteiger partial charge in [-0.2, -0.15) is 0 Å². The summed E-state index contributed by atoms with van der Waals surface area (Å²) < 4.78 is 18.8. The van der Waals surface area contributed by atoms with Crippen LogP contribution in [0.1, 0.15) is 25.6 Å². The number of nitro groups is 1. The fourth-order valence-electron chi connectivity index (χ4n) is 2.30. The first-order chi connectivity index (χ1) is 13.4. The van der Waals surface area contributed by atoms with E-state index < -0.39 is 22.5 Å². The summed E-state index contributed by atoms with van der Waals surface area (Å²) in [6.45, 7) is 0. The highest BCUT2D eigenvalue weighted by molar-refractivity contribution is 7.10. The summed E-state index contributed by atoms with van der Waals surface area (Å²) in [6, 6.07) is 11.7. The van der Waals surface area contributed by atoms with Crippen LogP contribution in [0.25, 0.3) is 6.08 Å². The Balaban J connectivity index is 1.82. The number of allylic oxidation sites excluding steroid dienone is 1. The second kappa shape index (κ2) is 8.36. The molecule has 8 heteroatoms. The lowest BCUT2D eigenvalue weighted by molar-refractivity contribution is -0.384. The second-order valence-electron chi connectivity index (χ2n) is 5.55. The summed E-state index contributed by atoms with van der Waals surface area (Å²) in [7, 11) is 0. The summed E-state index contributed by atoms with van der Waals surface area (Å²) in [5.74, 6) is -2.11. The van der Waals surface area contributed by atoms with Crippen LogP contribution in [0.5, 0.6) is 5.75 Å². The second-order valence-corrected chi connectivity index (χ2v) is 6.53. The number of nitrogens with zero attached hydrogens (tertiary/aromatic N) is 1. The van der Waals surface area contributed by atoms with Crippen LogP contribution in [-0.2, 0) is 0 Å². The highest BCUT2D eigenvalue weighted by Crippen LogP contribution is 2.23. The van der Waals surface area contributed by atoms with Crippen LogP contribution >= 0.6 is 11.3 Å². The van der Waals surface area contributed by atoms with Crippen LogP contribution < -0.4 is 4.74 Å². The number of non-ortho nitro benzene ring substituents is 1. The van der Waals surface area contributed by atoms with Gasteiger partial charge < -0.3 is 4.74 Å². The Morgan fingerprint density at radius 2 is 1.86 bits per heavy atom. The largest absolute Gasteiger partial charge is 0.422 e. The van der Waals surface area contributed by atoms with E-state index in [9.17, 15) is 24.1 Å². The van der Waals surface area contributed by atoms with Gasteiger partial charge in [-0.1, -0.05) is 6.07 Å². The molecular weight excluding hydrogens is 385 g/mol. The minimum Gasteiger partial charge on any atom is -0.422 e. The molecule has 1 heterocycles. The molecule has 140 valence electrons. The van der Waals surface area contributed by atoms with Crippen molar-refractivity contribution in [1.29, 1.82) is 0 Å². The smallest absolute Gasteiger partial charge is 0.343 e. The highest BCUT2D eigenvalue weighted by atomic mass is 32.1. The lowest BCUT2D eigenvalue weighted by atomic mass is 10.1. The first kappa shape index (κ1) is 19.1. The zero-order chi connectivity index (χ0) is 20.1. The maximum absolute atomic E-state index is 13.6. The van der Waals surface area contributed by atoms with E-state index in [1.54, 1.807) is 6.08 Å². The molecule has 0 saturated heterocycles. The van der Waals surface area contributed by atoms with Gasteiger partial charge in [0.1, 0.15) is 11.6 Å². The number of benzene rings is 2. The van der Waals surface area contributed by atoms with E-state index in [-0.39, 0.29) is 22.6 Å². The molecule has 0 saturated carbocycles. The van der Waals surface area contributed by atoms with E-state index in [1.807, 2.05) is 17.5 Å². The molecule has 28 heavy (non-hydrogen) atoms. The molecule has 1 aromatic heterocycles. The molecule has 0 fully saturated rings. The van der Waals surface area contributed by atoms with Crippen molar-refractivity contribution in [3.05, 3.63) is 98.0 Å². The monoisotopic (exact) mass is 397 g/mol. The number of carbonyl (C=O) groups excluding carboxylic acids is 2. The average Bonchev–Trinajstić information content (AvgIpc) is 3.21. The van der Waals surface area contributed by atoms with Crippen LogP contribution in [0.15, 0.2) is 66.1 Å². The average molecular weight is 397 g/mol. The summed E-state index contributed by atoms with van der Waals surface area (Å²) >= 11 is 1.43. The Bertz CT molecular complexity index is 1060. The molecule has 6 nitrogen and oxygen atoms in total. The molecular formula is C20H12FNO5S. The molecule has 0 atom stereocenters. The number of esters is 1. The SMILES string of the molecule is O=C(Oc1ccc(F)cc1C(=O)C=Cc1cccs1)c1ccc([N+](=O)[O-])cc1. The molecule has 3 rings (SSSR count). The number of ketones is 1. The standard InChI is InChI=1S/C20H12FNO5S/c21-14-5-10-19(17(12-14)18(23)9-8-16-2-1-11-28-16)27-20(24)13-3-6-15(7-4-13)22(25)26/h1-12H. The van der Waals surface area contributed by atoms with Gasteiger partial charge in [0, 0.05) is 17.0 Å². The van der Waals surface area contributed by atoms with Crippen molar-refractivity contribution in [2.24, 2.45) is 0 Å². The molecule has 0 amide bonds. The third-order valence-electron chi connectivity index (χ3n) is 3.67. The summed E-state index contributed by atoms with van der Waals surface area (Å²) in [5.41, 5.74) is -0.224. The lowest BCUT2D eigenvalue weighted by Gasteiger charge is -2.08. The molecule has 0 aliphatic heterocycles. The maximum Gasteiger partial charge on any atom is 0.343 e. The van der Waals surface area contributed by atoms with Crippen molar-refractivity contribution in [2.45, 2.75) is 0 Å². The van der Waals surface area contributed by atoms with Crippen molar-refractivity contribution >= 4 is 34.9 Å². The fraction of sp³-hybridized carbons (Fsp3) is 0. The number of halogens is 1. The number of hydrogen-bond acceptors (Lipinski definition) is 6. The van der Waals surface area contributed by atoms with Crippen molar-refractivity contribution in [2.75, 3.05) is 0 Å². The van der Waals surface area contributed by atoms with Gasteiger partial charge >= 0.3 is 5.97 Å². The lowest BCUT2D eigenvalue weighted by Crippen LogP contribution is -2.11. The first-order valence-electron chi connectivity index (χ1n) is 7.96. The predicted molar refractivity (Wildman–Crippen MR) is 102 cm³/mol. The van der Waals surface area contributed by atoms with Crippen molar-refractivity contribution in [3.63, 3.8) is 0 Å². The van der Waals surface area contributed by atoms with Gasteiger partial charge in [0.15, 0.2) is 5.78 Å². The van der Waals surface area contributed by atoms with E-state index in [0.717, 1.165) is 29.1 Å². The number of thiophene rings is 1. The molecule has 0 radical (unpaired) electrons. The van der Waals surface area contributed by atoms with Crippen LogP contribution in [0, 0.1) is 15.9 Å². The Kier molecular flexibility index (Phi) is 5.71. The molecule has 0 unspecified atom stereocenters. The fourth-order valence-corrected chi connectivity index (χ4v) is 2.91. The van der Waals surface area contributed by atoms with Crippen LogP contribution in [0.3, 0.4) is 0 Å². The molecule has 0 spiro atoms. The van der Waals surface area contributed by atoms with E-state index in [4.69, 9.17) is 4.74 Å². The molecule has 3 aromatic rings. The quantitative estimate of drug-likeness (QED) is 0.147. The summed E-state index contributed by atoms with van der Waals surface area (Å²) in [5, 5.41) is 12.5. The predicted octanol–water partition coefficient (Wildman–Crippen LogP) is 4.91. The van der Waals surface area contributed by atoms with Gasteiger partial charge in [-0.25, -0.2) is 9.18 Å². The molecule has 0 aliphatic rings. The maximum atomic E-state index is 13.6. The summed E-state index contributed by atoms with van der Waals surface area (Å²) in [4.78, 5) is 35.7. The van der Waals surface area contributed by atoms with Gasteiger partial charge in [-0.3, -0.25) is 14.9 Å². The van der Waals surface area contributed by atoms with Gasteiger partial charge in [-0.05, 0) is 53.9 Å². The number of carbonyl (C=O) groups is 2. The number of ether oxygens (including phenoxy) is 1. The Morgan fingerprint density at radius 3 is 2.50 bits per heavy atom. The molecule has 2 aromatic carbocycles. The number of hydrogen-bond donors (Lipinski definition) is 0. The summed E-state index contributed by atoms with van der Waals surface area (Å²) in [6.07, 6.45) is 2.85. The van der Waals surface area contributed by atoms with Crippen LogP contribution in [0.2, 0.25) is 0 Å². The molecule has 0 aliphatic carbocycles. The Labute approximate surface area is 162 Å². The normalized spacial score (nSPS) is 10.8. The minimum atomic E-state index is -0.821. The topological polar surface area (TPSA) is 86.5 Å². The van der Waals surface area contributed by atoms with Gasteiger partial charge in [0.25, 0.3) is 5.69 Å². The highest BCUT2D eigenvalue weighted by Gasteiger charge is 2.17. The Morgan fingerprint density at radius 1 is 1.11 bits per heavy atom. The molecule has 0 bridgehead atoms. The van der Waals surface area contributed by atoms with Gasteiger partial charge in [-0.15, -0.1) is 11.3 Å². The van der Waals surface area contributed by atoms with Gasteiger partial charge in [0.05, 0.1) is 16.1 Å². The number of rotatable bonds is 6. The zero-order valence-corrected chi connectivity index (χ0v) is 15.0. The van der Waals surface area contributed by atoms with Crippen LogP contribution in [-0.4, -0.2) is 16.7 Å². The number of nitro benzene ring substituents is 1. The van der Waals surface area contributed by atoms with Crippen molar-refractivity contribution in [1.82, 2.24) is 0 Å². The third kappa shape index (κ3) is 4.54. The Hall–Kier alpha value is -3.65. The van der Waals surface area contributed by atoms with Crippen LogP contribution in [0.4, 0.5) is 10.1 Å². The first-order valence-corrected chi connectivity index (χ1v) is 8.84. The van der Waals surface area contributed by atoms with E-state index in [2.05, 4.69) is 0 Å². The third-order valence-corrected chi connectivity index (χ3v) is 4.50. The van der Waals surface area contributed by atoms with E-state index >= 15 is 0 Å².